The van der Waals surface area contributed by atoms with E-state index in [1.165, 1.54) is 11.8 Å². The van der Waals surface area contributed by atoms with Crippen LogP contribution in [-0.2, 0) is 9.53 Å². The van der Waals surface area contributed by atoms with Gasteiger partial charge in [0.25, 0.3) is 11.7 Å². The standard InChI is InChI=1S/C24H30N6O4S/c1-23(2,3)34-22(33)27-13-24(4)8-10-30(11-9-24)16-12-26-21(19(25)29-16)35-15-7-5-6-14-17(15)18(31)20(32)28-14/h5-7,12H,8-11,13H2,1-4H3,(H2,25,29)(H,27,33)(H,28,31,32). The number of carbonyl (C=O) groups is 3. The van der Waals surface area contributed by atoms with Crippen LogP contribution in [0.1, 0.15) is 50.9 Å². The van der Waals surface area contributed by atoms with E-state index in [1.807, 2.05) is 20.8 Å². The van der Waals surface area contributed by atoms with E-state index in [0.717, 1.165) is 25.9 Å². The van der Waals surface area contributed by atoms with Crippen LogP contribution in [0.2, 0.25) is 0 Å². The molecule has 0 spiro atoms. The summed E-state index contributed by atoms with van der Waals surface area (Å²) in [5, 5.41) is 5.92. The molecule has 1 aromatic carbocycles. The summed E-state index contributed by atoms with van der Waals surface area (Å²) < 4.78 is 5.33. The van der Waals surface area contributed by atoms with Gasteiger partial charge < -0.3 is 26.0 Å². The number of Topliss-reactive ketones (excluding diaryl/α,β-unsaturated/α-hetero) is 1. The second-order valence-electron chi connectivity index (χ2n) is 10.1. The van der Waals surface area contributed by atoms with Gasteiger partial charge in [-0.2, -0.15) is 0 Å². The minimum Gasteiger partial charge on any atom is -0.444 e. The first-order chi connectivity index (χ1) is 16.4. The van der Waals surface area contributed by atoms with Crippen LogP contribution in [0.4, 0.5) is 22.1 Å². The molecule has 1 fully saturated rings. The third-order valence-electron chi connectivity index (χ3n) is 6.02. The van der Waals surface area contributed by atoms with Crippen LogP contribution in [0.25, 0.3) is 0 Å². The fourth-order valence-corrected chi connectivity index (χ4v) is 4.93. The Hall–Kier alpha value is -3.34. The zero-order chi connectivity index (χ0) is 25.4. The zero-order valence-corrected chi connectivity index (χ0v) is 21.1. The number of fused-ring (bicyclic) bond motifs is 1. The molecule has 0 bridgehead atoms. The lowest BCUT2D eigenvalue weighted by molar-refractivity contribution is -0.112. The summed E-state index contributed by atoms with van der Waals surface area (Å²) in [5.74, 6) is -0.264. The van der Waals surface area contributed by atoms with Crippen molar-refractivity contribution in [1.82, 2.24) is 15.3 Å². The number of alkyl carbamates (subject to hydrolysis) is 1. The number of carbonyl (C=O) groups excluding carboxylic acids is 3. The molecule has 0 saturated carbocycles. The Morgan fingerprint density at radius 3 is 2.66 bits per heavy atom. The van der Waals surface area contributed by atoms with E-state index in [-0.39, 0.29) is 11.2 Å². The molecule has 35 heavy (non-hydrogen) atoms. The molecule has 2 aromatic rings. The van der Waals surface area contributed by atoms with Gasteiger partial charge in [-0.05, 0) is 51.2 Å². The number of anilines is 3. The Kier molecular flexibility index (Phi) is 6.63. The second kappa shape index (κ2) is 9.37. The summed E-state index contributed by atoms with van der Waals surface area (Å²) in [4.78, 5) is 47.7. The molecule has 11 heteroatoms. The normalized spacial score (nSPS) is 17.1. The molecule has 2 aliphatic heterocycles. The maximum Gasteiger partial charge on any atom is 0.407 e. The van der Waals surface area contributed by atoms with Crippen molar-refractivity contribution in [3.8, 4) is 0 Å². The lowest BCUT2D eigenvalue weighted by atomic mass is 9.80. The highest BCUT2D eigenvalue weighted by Crippen LogP contribution is 2.38. The molecule has 10 nitrogen and oxygen atoms in total. The van der Waals surface area contributed by atoms with E-state index < -0.39 is 23.4 Å². The third-order valence-corrected chi connectivity index (χ3v) is 7.09. The van der Waals surface area contributed by atoms with Gasteiger partial charge in [-0.1, -0.05) is 24.8 Å². The monoisotopic (exact) mass is 498 g/mol. The van der Waals surface area contributed by atoms with E-state index >= 15 is 0 Å². The Bertz CT molecular complexity index is 1170. The van der Waals surface area contributed by atoms with Crippen molar-refractivity contribution in [3.63, 3.8) is 0 Å². The van der Waals surface area contributed by atoms with Crippen LogP contribution in [-0.4, -0.2) is 53.0 Å². The Morgan fingerprint density at radius 1 is 1.29 bits per heavy atom. The summed E-state index contributed by atoms with van der Waals surface area (Å²) in [6, 6.07) is 5.21. The van der Waals surface area contributed by atoms with Crippen LogP contribution in [0.15, 0.2) is 34.3 Å². The number of hydrogen-bond donors (Lipinski definition) is 3. The largest absolute Gasteiger partial charge is 0.444 e. The van der Waals surface area contributed by atoms with Crippen LogP contribution in [0.5, 0.6) is 0 Å². The number of nitrogens with one attached hydrogen (secondary N) is 2. The van der Waals surface area contributed by atoms with Crippen LogP contribution in [0, 0.1) is 5.41 Å². The van der Waals surface area contributed by atoms with Crippen LogP contribution < -0.4 is 21.3 Å². The smallest absolute Gasteiger partial charge is 0.407 e. The van der Waals surface area contributed by atoms with Crippen molar-refractivity contribution in [2.24, 2.45) is 5.41 Å². The van der Waals surface area contributed by atoms with E-state index in [2.05, 4.69) is 32.4 Å². The van der Waals surface area contributed by atoms with Crippen molar-refractivity contribution in [3.05, 3.63) is 30.0 Å². The first kappa shape index (κ1) is 24.8. The summed E-state index contributed by atoms with van der Waals surface area (Å²) in [6.07, 6.45) is 2.99. The van der Waals surface area contributed by atoms with Gasteiger partial charge in [0.15, 0.2) is 5.82 Å². The number of nitrogen functional groups attached to an aromatic ring is 1. The van der Waals surface area contributed by atoms with Crippen molar-refractivity contribution in [1.29, 1.82) is 0 Å². The number of amides is 2. The van der Waals surface area contributed by atoms with Gasteiger partial charge in [-0.25, -0.2) is 14.8 Å². The number of nitrogens with zero attached hydrogens (tertiary/aromatic N) is 3. The van der Waals surface area contributed by atoms with Gasteiger partial charge >= 0.3 is 6.09 Å². The Balaban J connectivity index is 1.37. The number of aromatic nitrogens is 2. The lowest BCUT2D eigenvalue weighted by Gasteiger charge is -2.40. The zero-order valence-electron chi connectivity index (χ0n) is 20.3. The SMILES string of the molecule is CC1(CNC(=O)OC(C)(C)C)CCN(c2cnc(Sc3cccc4c3C(=O)C(=O)N4)c(N)n2)CC1. The molecule has 0 atom stereocenters. The Morgan fingerprint density at radius 2 is 2.00 bits per heavy atom. The van der Waals surface area contributed by atoms with Gasteiger partial charge in [0.1, 0.15) is 16.4 Å². The summed E-state index contributed by atoms with van der Waals surface area (Å²) >= 11 is 1.21. The number of hydrogen-bond acceptors (Lipinski definition) is 9. The van der Waals surface area contributed by atoms with E-state index in [9.17, 15) is 14.4 Å². The third kappa shape index (κ3) is 5.67. The molecule has 4 N–H and O–H groups in total. The summed E-state index contributed by atoms with van der Waals surface area (Å²) in [6.45, 7) is 9.72. The molecule has 186 valence electrons. The lowest BCUT2D eigenvalue weighted by Crippen LogP contribution is -2.46. The second-order valence-corrected chi connectivity index (χ2v) is 11.2. The first-order valence-corrected chi connectivity index (χ1v) is 12.3. The topological polar surface area (TPSA) is 140 Å². The molecule has 0 radical (unpaired) electrons. The predicted molar refractivity (Wildman–Crippen MR) is 134 cm³/mol. The number of piperidine rings is 1. The van der Waals surface area contributed by atoms with Gasteiger partial charge in [0, 0.05) is 24.5 Å². The highest BCUT2D eigenvalue weighted by Gasteiger charge is 2.33. The van der Waals surface area contributed by atoms with E-state index in [4.69, 9.17) is 10.5 Å². The minimum atomic E-state index is -0.638. The number of ketones is 1. The maximum atomic E-state index is 12.2. The predicted octanol–water partition coefficient (Wildman–Crippen LogP) is 3.48. The van der Waals surface area contributed by atoms with Crippen LogP contribution in [0.3, 0.4) is 0 Å². The minimum absolute atomic E-state index is 0.0478. The highest BCUT2D eigenvalue weighted by atomic mass is 32.2. The number of rotatable bonds is 5. The van der Waals surface area contributed by atoms with E-state index in [1.54, 1.807) is 24.4 Å². The number of benzene rings is 1. The molecular weight excluding hydrogens is 468 g/mol. The fraction of sp³-hybridized carbons (Fsp3) is 0.458. The maximum absolute atomic E-state index is 12.2. The number of ether oxygens (including phenoxy) is 1. The Labute approximate surface area is 208 Å². The van der Waals surface area contributed by atoms with Crippen molar-refractivity contribution in [2.75, 3.05) is 35.6 Å². The van der Waals surface area contributed by atoms with Gasteiger partial charge in [-0.15, -0.1) is 0 Å². The average Bonchev–Trinajstić information content (AvgIpc) is 3.08. The molecule has 2 aliphatic rings. The molecule has 4 rings (SSSR count). The quantitative estimate of drug-likeness (QED) is 0.529. The summed E-state index contributed by atoms with van der Waals surface area (Å²) in [7, 11) is 0. The molecule has 1 saturated heterocycles. The van der Waals surface area contributed by atoms with Crippen molar-refractivity contribution in [2.45, 2.75) is 56.1 Å². The van der Waals surface area contributed by atoms with Gasteiger partial charge in [-0.3, -0.25) is 9.59 Å². The molecule has 1 aromatic heterocycles. The molecular formula is C24H30N6O4S. The number of nitrogens with two attached hydrogens (primary N) is 1. The van der Waals surface area contributed by atoms with Gasteiger partial charge in [0.05, 0.1) is 17.4 Å². The molecule has 3 heterocycles. The molecule has 0 aliphatic carbocycles. The molecule has 0 unspecified atom stereocenters. The van der Waals surface area contributed by atoms with Crippen molar-refractivity contribution >= 4 is 46.9 Å². The van der Waals surface area contributed by atoms with Crippen LogP contribution >= 0.6 is 11.8 Å². The molecule has 2 amide bonds. The first-order valence-electron chi connectivity index (χ1n) is 11.4. The summed E-state index contributed by atoms with van der Waals surface area (Å²) in [5.41, 5.74) is 6.47. The average molecular weight is 499 g/mol. The fourth-order valence-electron chi connectivity index (χ4n) is 4.02. The van der Waals surface area contributed by atoms with Gasteiger partial charge in [0.2, 0.25) is 0 Å². The van der Waals surface area contributed by atoms with E-state index in [0.29, 0.717) is 33.5 Å². The van der Waals surface area contributed by atoms with Crippen molar-refractivity contribution < 1.29 is 19.1 Å². The highest BCUT2D eigenvalue weighted by molar-refractivity contribution is 7.99.